The van der Waals surface area contributed by atoms with E-state index in [0.717, 1.165) is 12.0 Å². The van der Waals surface area contributed by atoms with Crippen molar-refractivity contribution in [1.82, 2.24) is 0 Å². The first-order valence-electron chi connectivity index (χ1n) is 7.37. The number of hydrogen-bond acceptors (Lipinski definition) is 3. The zero-order chi connectivity index (χ0) is 15.8. The van der Waals surface area contributed by atoms with Gasteiger partial charge in [0.25, 0.3) is 0 Å². The zero-order valence-corrected chi connectivity index (χ0v) is 15.0. The molecule has 3 aliphatic rings. The molecular weight excluding hydrogens is 414 g/mol. The summed E-state index contributed by atoms with van der Waals surface area (Å²) < 4.78 is 0. The van der Waals surface area contributed by atoms with E-state index in [1.54, 1.807) is 19.1 Å². The lowest BCUT2D eigenvalue weighted by atomic mass is 9.81. The number of alkyl halides is 2. The maximum atomic E-state index is 12.9. The van der Waals surface area contributed by atoms with Crippen LogP contribution in [0.1, 0.15) is 12.0 Å². The fraction of sp³-hybridized carbons (Fsp3) is 0.500. The molecule has 116 valence electrons. The first-order valence-corrected chi connectivity index (χ1v) is 9.20. The van der Waals surface area contributed by atoms with Gasteiger partial charge in [-0.1, -0.05) is 31.9 Å². The third-order valence-electron chi connectivity index (χ3n) is 5.41. The van der Waals surface area contributed by atoms with Crippen LogP contribution in [0.25, 0.3) is 0 Å². The summed E-state index contributed by atoms with van der Waals surface area (Å²) in [6.07, 6.45) is 0.932. The van der Waals surface area contributed by atoms with Crippen molar-refractivity contribution in [2.24, 2.45) is 23.7 Å². The molecule has 6 heteroatoms. The number of hydrogen-bond donors (Lipinski definition) is 1. The summed E-state index contributed by atoms with van der Waals surface area (Å²) in [7, 11) is 0. The summed E-state index contributed by atoms with van der Waals surface area (Å²) in [5, 5.41) is 9.54. The summed E-state index contributed by atoms with van der Waals surface area (Å²) >= 11 is 7.37. The maximum Gasteiger partial charge on any atom is 0.238 e. The highest BCUT2D eigenvalue weighted by Crippen LogP contribution is 2.60. The van der Waals surface area contributed by atoms with Crippen molar-refractivity contribution in [3.63, 3.8) is 0 Å². The maximum absolute atomic E-state index is 12.9. The Bertz CT molecular complexity index is 660. The Kier molecular flexibility index (Phi) is 3.21. The molecular formula is C16H15Br2NO3. The van der Waals surface area contributed by atoms with Gasteiger partial charge in [0, 0.05) is 9.65 Å². The Morgan fingerprint density at radius 3 is 2.14 bits per heavy atom. The van der Waals surface area contributed by atoms with E-state index in [2.05, 4.69) is 31.9 Å². The highest BCUT2D eigenvalue weighted by atomic mass is 79.9. The van der Waals surface area contributed by atoms with Gasteiger partial charge in [-0.05, 0) is 48.9 Å². The number of rotatable bonds is 1. The molecule has 6 atom stereocenters. The molecule has 1 aliphatic heterocycles. The second-order valence-corrected chi connectivity index (χ2v) is 8.60. The number of fused-ring (bicyclic) bond motifs is 5. The van der Waals surface area contributed by atoms with Gasteiger partial charge in [-0.3, -0.25) is 9.59 Å². The Hall–Kier alpha value is -0.880. The number of amides is 2. The van der Waals surface area contributed by atoms with Gasteiger partial charge in [0.15, 0.2) is 0 Å². The molecule has 1 N–H and O–H groups in total. The lowest BCUT2D eigenvalue weighted by Gasteiger charge is -2.28. The van der Waals surface area contributed by atoms with Crippen molar-refractivity contribution >= 4 is 49.4 Å². The van der Waals surface area contributed by atoms with E-state index in [0.29, 0.717) is 5.69 Å². The molecule has 0 unspecified atom stereocenters. The minimum absolute atomic E-state index is 0.0832. The van der Waals surface area contributed by atoms with E-state index in [1.165, 1.54) is 11.0 Å². The Morgan fingerprint density at radius 2 is 1.64 bits per heavy atom. The normalized spacial score (nSPS) is 39.7. The largest absolute Gasteiger partial charge is 0.508 e. The summed E-state index contributed by atoms with van der Waals surface area (Å²) in [6.45, 7) is 1.80. The number of phenols is 1. The van der Waals surface area contributed by atoms with Gasteiger partial charge in [0.1, 0.15) is 5.75 Å². The van der Waals surface area contributed by atoms with Gasteiger partial charge in [-0.2, -0.15) is 0 Å². The first kappa shape index (κ1) is 14.7. The quantitative estimate of drug-likeness (QED) is 0.552. The van der Waals surface area contributed by atoms with Gasteiger partial charge >= 0.3 is 0 Å². The molecule has 1 heterocycles. The molecule has 0 radical (unpaired) electrons. The van der Waals surface area contributed by atoms with Gasteiger partial charge < -0.3 is 5.11 Å². The molecule has 0 spiro atoms. The van der Waals surface area contributed by atoms with Gasteiger partial charge in [0.2, 0.25) is 11.8 Å². The summed E-state index contributed by atoms with van der Waals surface area (Å²) in [4.78, 5) is 27.6. The van der Waals surface area contributed by atoms with E-state index in [4.69, 9.17) is 0 Å². The fourth-order valence-corrected chi connectivity index (χ4v) is 6.35. The van der Waals surface area contributed by atoms with Crippen LogP contribution in [0.3, 0.4) is 0 Å². The topological polar surface area (TPSA) is 57.6 Å². The Labute approximate surface area is 145 Å². The monoisotopic (exact) mass is 427 g/mol. The molecule has 2 amide bonds. The lowest BCUT2D eigenvalue weighted by molar-refractivity contribution is -0.123. The van der Waals surface area contributed by atoms with Crippen molar-refractivity contribution in [1.29, 1.82) is 0 Å². The number of anilines is 1. The Morgan fingerprint density at radius 1 is 1.09 bits per heavy atom. The standard InChI is InChI=1S/C16H15Br2NO3/c1-6-4-7(20)2-3-10(6)19-15(21)11-8-5-9(12(11)16(19)22)14(18)13(8)17/h2-4,8-9,11-14,20H,5H2,1H3/t8-,9-,11-,12+,13+,14+/m1/s1. The van der Waals surface area contributed by atoms with Crippen LogP contribution in [0, 0.1) is 30.6 Å². The molecule has 2 bridgehead atoms. The number of nitrogens with zero attached hydrogens (tertiary/aromatic N) is 1. The minimum Gasteiger partial charge on any atom is -0.508 e. The van der Waals surface area contributed by atoms with E-state index in [-0.39, 0.29) is 50.9 Å². The third-order valence-corrected chi connectivity index (χ3v) is 8.62. The second kappa shape index (κ2) is 4.81. The summed E-state index contributed by atoms with van der Waals surface area (Å²) in [5.74, 6) is 0.00572. The van der Waals surface area contributed by atoms with E-state index in [9.17, 15) is 14.7 Å². The number of carbonyl (C=O) groups excluding carboxylic acids is 2. The fourth-order valence-electron chi connectivity index (χ4n) is 4.48. The van der Waals surface area contributed by atoms with E-state index in [1.807, 2.05) is 0 Å². The van der Waals surface area contributed by atoms with Crippen LogP contribution in [-0.2, 0) is 9.59 Å². The van der Waals surface area contributed by atoms with Crippen LogP contribution in [0.4, 0.5) is 5.69 Å². The molecule has 2 aliphatic carbocycles. The SMILES string of the molecule is Cc1cc(O)ccc1N1C(=O)[C@@H]2[C@H]3C[C@@H]([C@H](Br)[C@H]3Br)[C@@H]2C1=O. The lowest BCUT2D eigenvalue weighted by Crippen LogP contribution is -2.37. The average Bonchev–Trinajstić information content (AvgIpc) is 3.06. The number of benzene rings is 1. The van der Waals surface area contributed by atoms with Crippen molar-refractivity contribution in [3.05, 3.63) is 23.8 Å². The molecule has 3 fully saturated rings. The minimum atomic E-state index is -0.205. The van der Waals surface area contributed by atoms with Crippen LogP contribution in [0.2, 0.25) is 0 Å². The third kappa shape index (κ3) is 1.74. The smallest absolute Gasteiger partial charge is 0.238 e. The number of aromatic hydroxyl groups is 1. The van der Waals surface area contributed by atoms with Crippen molar-refractivity contribution in [3.8, 4) is 5.75 Å². The predicted octanol–water partition coefficient (Wildman–Crippen LogP) is 2.98. The number of halogens is 2. The molecule has 4 rings (SSSR count). The first-order chi connectivity index (χ1) is 10.4. The summed E-state index contributed by atoms with van der Waals surface area (Å²) in [5.41, 5.74) is 1.33. The van der Waals surface area contributed by atoms with Crippen LogP contribution in [0.15, 0.2) is 18.2 Å². The zero-order valence-electron chi connectivity index (χ0n) is 11.9. The van der Waals surface area contributed by atoms with E-state index >= 15 is 0 Å². The average molecular weight is 429 g/mol. The number of phenolic OH excluding ortho intramolecular Hbond substituents is 1. The Balaban J connectivity index is 1.76. The molecule has 1 aromatic carbocycles. The van der Waals surface area contributed by atoms with Crippen LogP contribution < -0.4 is 4.90 Å². The van der Waals surface area contributed by atoms with Gasteiger partial charge in [0.05, 0.1) is 17.5 Å². The highest BCUT2D eigenvalue weighted by molar-refractivity contribution is 9.12. The molecule has 1 aromatic rings. The van der Waals surface area contributed by atoms with Crippen molar-refractivity contribution in [2.45, 2.75) is 23.0 Å². The molecule has 0 aromatic heterocycles. The molecule has 4 nitrogen and oxygen atoms in total. The molecule has 2 saturated carbocycles. The van der Waals surface area contributed by atoms with Crippen LogP contribution >= 0.6 is 31.9 Å². The van der Waals surface area contributed by atoms with E-state index < -0.39 is 0 Å². The number of carbonyl (C=O) groups is 2. The van der Waals surface area contributed by atoms with Crippen molar-refractivity contribution in [2.75, 3.05) is 4.90 Å². The number of aryl methyl sites for hydroxylation is 1. The predicted molar refractivity (Wildman–Crippen MR) is 89.3 cm³/mol. The van der Waals surface area contributed by atoms with Gasteiger partial charge in [-0.25, -0.2) is 4.90 Å². The molecule has 22 heavy (non-hydrogen) atoms. The summed E-state index contributed by atoms with van der Waals surface area (Å²) in [6, 6.07) is 4.76. The second-order valence-electron chi connectivity index (χ2n) is 6.49. The van der Waals surface area contributed by atoms with Gasteiger partial charge in [-0.15, -0.1) is 0 Å². The van der Waals surface area contributed by atoms with Crippen molar-refractivity contribution < 1.29 is 14.7 Å². The van der Waals surface area contributed by atoms with Crippen LogP contribution in [-0.4, -0.2) is 26.6 Å². The van der Waals surface area contributed by atoms with Crippen LogP contribution in [0.5, 0.6) is 5.75 Å². The number of imide groups is 1. The highest BCUT2D eigenvalue weighted by Gasteiger charge is 2.66. The molecule has 1 saturated heterocycles.